The van der Waals surface area contributed by atoms with Crippen molar-refractivity contribution in [1.29, 1.82) is 0 Å². The molecule has 0 saturated heterocycles. The van der Waals surface area contributed by atoms with Crippen molar-refractivity contribution >= 4 is 11.7 Å². The van der Waals surface area contributed by atoms with Crippen molar-refractivity contribution in [2.45, 2.75) is 0 Å². The van der Waals surface area contributed by atoms with Gasteiger partial charge in [-0.2, -0.15) is 5.10 Å². The number of ether oxygens (including phenoxy) is 2. The molecule has 1 amide bonds. The first-order chi connectivity index (χ1) is 11.8. The quantitative estimate of drug-likeness (QED) is 0.777. The molecule has 0 spiro atoms. The van der Waals surface area contributed by atoms with Crippen LogP contribution in [-0.4, -0.2) is 29.3 Å². The molecular formula is C18H15N3O3. The lowest BCUT2D eigenvalue weighted by Gasteiger charge is -2.18. The van der Waals surface area contributed by atoms with Gasteiger partial charge in [0.25, 0.3) is 5.91 Å². The molecule has 2 heterocycles. The van der Waals surface area contributed by atoms with E-state index >= 15 is 0 Å². The van der Waals surface area contributed by atoms with Crippen LogP contribution in [0.3, 0.4) is 0 Å². The molecular weight excluding hydrogens is 306 g/mol. The summed E-state index contributed by atoms with van der Waals surface area (Å²) in [6, 6.07) is 16.7. The predicted octanol–water partition coefficient (Wildman–Crippen LogP) is 3.10. The number of nitrogens with one attached hydrogen (secondary N) is 2. The van der Waals surface area contributed by atoms with E-state index in [2.05, 4.69) is 15.5 Å². The Morgan fingerprint density at radius 1 is 1.00 bits per heavy atom. The van der Waals surface area contributed by atoms with Gasteiger partial charge in [-0.3, -0.25) is 9.89 Å². The number of H-pyrrole nitrogens is 1. The maximum absolute atomic E-state index is 12.4. The van der Waals surface area contributed by atoms with Gasteiger partial charge in [0.15, 0.2) is 17.3 Å². The van der Waals surface area contributed by atoms with Crippen LogP contribution in [0.1, 0.15) is 10.4 Å². The number of hydrogen-bond donors (Lipinski definition) is 2. The van der Waals surface area contributed by atoms with Gasteiger partial charge in [-0.25, -0.2) is 0 Å². The Labute approximate surface area is 138 Å². The largest absolute Gasteiger partial charge is 0.486 e. The molecule has 120 valence electrons. The molecule has 0 fully saturated rings. The van der Waals surface area contributed by atoms with Gasteiger partial charge in [0.1, 0.15) is 13.2 Å². The van der Waals surface area contributed by atoms with E-state index in [4.69, 9.17) is 9.47 Å². The summed E-state index contributed by atoms with van der Waals surface area (Å²) in [5.74, 6) is 1.46. The lowest BCUT2D eigenvalue weighted by atomic mass is 10.1. The number of aromatic nitrogens is 2. The van der Waals surface area contributed by atoms with Gasteiger partial charge in [-0.1, -0.05) is 30.3 Å². The summed E-state index contributed by atoms with van der Waals surface area (Å²) in [5, 5.41) is 9.83. The Kier molecular flexibility index (Phi) is 3.63. The van der Waals surface area contributed by atoms with E-state index in [0.717, 1.165) is 11.3 Å². The second kappa shape index (κ2) is 6.08. The average Bonchev–Trinajstić information content (AvgIpc) is 3.10. The van der Waals surface area contributed by atoms with Crippen molar-refractivity contribution in [3.63, 3.8) is 0 Å². The number of carbonyl (C=O) groups excluding carboxylic acids is 1. The van der Waals surface area contributed by atoms with Gasteiger partial charge < -0.3 is 14.8 Å². The van der Waals surface area contributed by atoms with Crippen LogP contribution >= 0.6 is 0 Å². The highest BCUT2D eigenvalue weighted by Gasteiger charge is 2.15. The molecule has 0 unspecified atom stereocenters. The first kappa shape index (κ1) is 14.3. The number of fused-ring (bicyclic) bond motifs is 1. The maximum atomic E-state index is 12.4. The van der Waals surface area contributed by atoms with Crippen LogP contribution in [0.4, 0.5) is 5.82 Å². The Balaban J connectivity index is 1.51. The Hall–Kier alpha value is -3.28. The highest BCUT2D eigenvalue weighted by Crippen LogP contribution is 2.31. The minimum absolute atomic E-state index is 0.252. The van der Waals surface area contributed by atoms with Gasteiger partial charge in [0.2, 0.25) is 0 Å². The summed E-state index contributed by atoms with van der Waals surface area (Å²) in [6.45, 7) is 1.01. The second-order valence-electron chi connectivity index (χ2n) is 5.35. The van der Waals surface area contributed by atoms with Gasteiger partial charge in [-0.05, 0) is 23.8 Å². The number of carbonyl (C=O) groups is 1. The molecule has 4 rings (SSSR count). The van der Waals surface area contributed by atoms with E-state index in [1.54, 1.807) is 24.3 Å². The lowest BCUT2D eigenvalue weighted by Crippen LogP contribution is -2.17. The van der Waals surface area contributed by atoms with E-state index < -0.39 is 0 Å². The lowest BCUT2D eigenvalue weighted by molar-refractivity contribution is 0.102. The van der Waals surface area contributed by atoms with Crippen LogP contribution < -0.4 is 14.8 Å². The minimum Gasteiger partial charge on any atom is -0.486 e. The standard InChI is InChI=1S/C18H15N3O3/c22-18(13-6-7-15-16(10-13)24-9-8-23-15)19-17-11-14(20-21-17)12-4-2-1-3-5-12/h1-7,10-11H,8-9H2,(H2,19,20,21,22). The zero-order chi connectivity index (χ0) is 16.4. The minimum atomic E-state index is -0.252. The van der Waals surface area contributed by atoms with Crippen molar-refractivity contribution < 1.29 is 14.3 Å². The number of hydrogen-bond acceptors (Lipinski definition) is 4. The molecule has 1 aromatic heterocycles. The van der Waals surface area contributed by atoms with Gasteiger partial charge >= 0.3 is 0 Å². The summed E-state index contributed by atoms with van der Waals surface area (Å²) < 4.78 is 11.0. The first-order valence-corrected chi connectivity index (χ1v) is 7.61. The molecule has 1 aliphatic heterocycles. The van der Waals surface area contributed by atoms with Crippen molar-refractivity contribution in [2.75, 3.05) is 18.5 Å². The predicted molar refractivity (Wildman–Crippen MR) is 89.4 cm³/mol. The van der Waals surface area contributed by atoms with Crippen LogP contribution in [0.25, 0.3) is 11.3 Å². The molecule has 0 aliphatic carbocycles. The van der Waals surface area contributed by atoms with Gasteiger partial charge in [0, 0.05) is 11.6 Å². The van der Waals surface area contributed by atoms with Crippen molar-refractivity contribution in [3.05, 3.63) is 60.2 Å². The number of rotatable bonds is 3. The maximum Gasteiger partial charge on any atom is 0.257 e. The third-order valence-corrected chi connectivity index (χ3v) is 3.71. The molecule has 1 aliphatic rings. The highest BCUT2D eigenvalue weighted by atomic mass is 16.6. The van der Waals surface area contributed by atoms with Crippen LogP contribution in [-0.2, 0) is 0 Å². The fourth-order valence-electron chi connectivity index (χ4n) is 2.52. The van der Waals surface area contributed by atoms with E-state index in [-0.39, 0.29) is 5.91 Å². The normalized spacial score (nSPS) is 12.7. The molecule has 6 heteroatoms. The fourth-order valence-corrected chi connectivity index (χ4v) is 2.52. The third-order valence-electron chi connectivity index (χ3n) is 3.71. The van der Waals surface area contributed by atoms with E-state index in [1.807, 2.05) is 30.3 Å². The van der Waals surface area contributed by atoms with E-state index in [1.165, 1.54) is 0 Å². The number of anilines is 1. The van der Waals surface area contributed by atoms with Crippen LogP contribution in [0.15, 0.2) is 54.6 Å². The number of nitrogens with zero attached hydrogens (tertiary/aromatic N) is 1. The molecule has 0 saturated carbocycles. The molecule has 0 bridgehead atoms. The molecule has 2 aromatic carbocycles. The smallest absolute Gasteiger partial charge is 0.257 e. The Morgan fingerprint density at radius 3 is 2.62 bits per heavy atom. The fraction of sp³-hybridized carbons (Fsp3) is 0.111. The number of amides is 1. The zero-order valence-corrected chi connectivity index (χ0v) is 12.8. The van der Waals surface area contributed by atoms with Crippen molar-refractivity contribution in [2.24, 2.45) is 0 Å². The topological polar surface area (TPSA) is 76.2 Å². The van der Waals surface area contributed by atoms with E-state index in [0.29, 0.717) is 36.1 Å². The average molecular weight is 321 g/mol. The second-order valence-corrected chi connectivity index (χ2v) is 5.35. The van der Waals surface area contributed by atoms with Crippen LogP contribution in [0.5, 0.6) is 11.5 Å². The summed E-state index contributed by atoms with van der Waals surface area (Å²) >= 11 is 0. The molecule has 24 heavy (non-hydrogen) atoms. The Morgan fingerprint density at radius 2 is 1.79 bits per heavy atom. The zero-order valence-electron chi connectivity index (χ0n) is 12.8. The summed E-state index contributed by atoms with van der Waals surface area (Å²) in [4.78, 5) is 12.4. The highest BCUT2D eigenvalue weighted by molar-refractivity contribution is 6.04. The van der Waals surface area contributed by atoms with Crippen molar-refractivity contribution in [1.82, 2.24) is 10.2 Å². The summed E-state index contributed by atoms with van der Waals surface area (Å²) in [7, 11) is 0. The monoisotopic (exact) mass is 321 g/mol. The summed E-state index contributed by atoms with van der Waals surface area (Å²) in [6.07, 6.45) is 0. The molecule has 0 radical (unpaired) electrons. The molecule has 2 N–H and O–H groups in total. The van der Waals surface area contributed by atoms with E-state index in [9.17, 15) is 4.79 Å². The van der Waals surface area contributed by atoms with Crippen LogP contribution in [0, 0.1) is 0 Å². The first-order valence-electron chi connectivity index (χ1n) is 7.61. The number of aromatic amines is 1. The molecule has 6 nitrogen and oxygen atoms in total. The van der Waals surface area contributed by atoms with Crippen molar-refractivity contribution in [3.8, 4) is 22.8 Å². The third kappa shape index (κ3) is 2.81. The van der Waals surface area contributed by atoms with Crippen LogP contribution in [0.2, 0.25) is 0 Å². The summed E-state index contributed by atoms with van der Waals surface area (Å²) in [5.41, 5.74) is 2.33. The Bertz CT molecular complexity index is 874. The molecule has 3 aromatic rings. The van der Waals surface area contributed by atoms with Gasteiger partial charge in [-0.15, -0.1) is 0 Å². The SMILES string of the molecule is O=C(Nc1cc(-c2ccccc2)[nH]n1)c1ccc2c(c1)OCCO2. The van der Waals surface area contributed by atoms with Gasteiger partial charge in [0.05, 0.1) is 5.69 Å². The number of benzene rings is 2. The molecule has 0 atom stereocenters.